The molecule has 0 aliphatic rings. The Morgan fingerprint density at radius 2 is 1.73 bits per heavy atom. The lowest BCUT2D eigenvalue weighted by Crippen LogP contribution is -2.12. The van der Waals surface area contributed by atoms with E-state index in [0.29, 0.717) is 16.3 Å². The Morgan fingerprint density at radius 1 is 1.04 bits per heavy atom. The topological polar surface area (TPSA) is 55.1 Å². The van der Waals surface area contributed by atoms with Crippen molar-refractivity contribution in [3.05, 3.63) is 70.0 Å². The molecule has 1 N–H and O–H groups in total. The molecule has 1 aromatic heterocycles. The average molecular weight is 401 g/mol. The van der Waals surface area contributed by atoms with E-state index in [1.165, 1.54) is 24.3 Å². The van der Waals surface area contributed by atoms with Gasteiger partial charge in [0, 0.05) is 11.3 Å². The Balaban J connectivity index is 1.76. The number of alkyl halides is 3. The number of oxazole rings is 1. The molecule has 26 heavy (non-hydrogen) atoms. The lowest BCUT2D eigenvalue weighted by atomic mass is 10.1. The summed E-state index contributed by atoms with van der Waals surface area (Å²) in [4.78, 5) is 16.2. The fourth-order valence-corrected chi connectivity index (χ4v) is 2.38. The van der Waals surface area contributed by atoms with Crippen molar-refractivity contribution in [2.24, 2.45) is 0 Å². The molecule has 0 unspecified atom stereocenters. The van der Waals surface area contributed by atoms with Gasteiger partial charge in [0.25, 0.3) is 5.91 Å². The molecule has 0 saturated carbocycles. The molecule has 0 saturated heterocycles. The van der Waals surface area contributed by atoms with Crippen LogP contribution in [0, 0.1) is 0 Å². The molecule has 4 nitrogen and oxygen atoms in total. The number of halogens is 5. The van der Waals surface area contributed by atoms with Crippen LogP contribution in [-0.2, 0) is 6.18 Å². The van der Waals surface area contributed by atoms with E-state index in [9.17, 15) is 18.0 Å². The van der Waals surface area contributed by atoms with Gasteiger partial charge >= 0.3 is 6.18 Å². The zero-order chi connectivity index (χ0) is 18.9. The molecule has 0 fully saturated rings. The highest BCUT2D eigenvalue weighted by atomic mass is 35.5. The number of amides is 1. The molecule has 0 radical (unpaired) electrons. The molecule has 9 heteroatoms. The van der Waals surface area contributed by atoms with Crippen LogP contribution in [-0.4, -0.2) is 10.9 Å². The normalized spacial score (nSPS) is 11.4. The summed E-state index contributed by atoms with van der Waals surface area (Å²) < 4.78 is 42.9. The van der Waals surface area contributed by atoms with Crippen molar-refractivity contribution in [3.63, 3.8) is 0 Å². The predicted molar refractivity (Wildman–Crippen MR) is 91.4 cm³/mol. The molecular weight excluding hydrogens is 392 g/mol. The molecular formula is C17H9Cl2F3N2O2. The monoisotopic (exact) mass is 400 g/mol. The number of anilines is 1. The van der Waals surface area contributed by atoms with Crippen molar-refractivity contribution in [1.29, 1.82) is 0 Å². The Bertz CT molecular complexity index is 953. The highest BCUT2D eigenvalue weighted by Gasteiger charge is 2.30. The van der Waals surface area contributed by atoms with Crippen molar-refractivity contribution in [3.8, 4) is 11.5 Å². The third-order valence-electron chi connectivity index (χ3n) is 3.37. The minimum absolute atomic E-state index is 0.0259. The van der Waals surface area contributed by atoms with Gasteiger partial charge in [-0.2, -0.15) is 13.2 Å². The number of hydrogen-bond acceptors (Lipinski definition) is 3. The second-order valence-electron chi connectivity index (χ2n) is 5.20. The lowest BCUT2D eigenvalue weighted by Gasteiger charge is -2.06. The first kappa shape index (κ1) is 18.3. The van der Waals surface area contributed by atoms with Gasteiger partial charge < -0.3 is 9.73 Å². The average Bonchev–Trinajstić information content (AvgIpc) is 3.08. The largest absolute Gasteiger partial charge is 0.444 e. The second-order valence-corrected chi connectivity index (χ2v) is 6.01. The number of carbonyl (C=O) groups excluding carboxylic acids is 1. The number of nitrogens with zero attached hydrogens (tertiary/aromatic N) is 1. The zero-order valence-corrected chi connectivity index (χ0v) is 14.3. The van der Waals surface area contributed by atoms with Crippen molar-refractivity contribution in [2.45, 2.75) is 6.18 Å². The predicted octanol–water partition coefficient (Wildman–Crippen LogP) is 5.92. The summed E-state index contributed by atoms with van der Waals surface area (Å²) in [5.74, 6) is -0.539. The smallest absolute Gasteiger partial charge is 0.416 e. The third-order valence-corrected chi connectivity index (χ3v) is 4.11. The molecule has 134 valence electrons. The molecule has 0 aliphatic carbocycles. The maximum Gasteiger partial charge on any atom is 0.416 e. The summed E-state index contributed by atoms with van der Waals surface area (Å²) in [6, 6.07) is 8.81. The molecule has 0 atom stereocenters. The van der Waals surface area contributed by atoms with Gasteiger partial charge in [-0.05, 0) is 42.5 Å². The lowest BCUT2D eigenvalue weighted by molar-refractivity contribution is -0.137. The van der Waals surface area contributed by atoms with Gasteiger partial charge in [0.15, 0.2) is 5.69 Å². The fourth-order valence-electron chi connectivity index (χ4n) is 2.08. The Morgan fingerprint density at radius 3 is 2.35 bits per heavy atom. The summed E-state index contributed by atoms with van der Waals surface area (Å²) in [6.45, 7) is 0. The first-order valence-electron chi connectivity index (χ1n) is 7.13. The zero-order valence-electron chi connectivity index (χ0n) is 12.8. The van der Waals surface area contributed by atoms with Crippen LogP contribution in [0.3, 0.4) is 0 Å². The van der Waals surface area contributed by atoms with Crippen LogP contribution >= 0.6 is 23.2 Å². The maximum absolute atomic E-state index is 12.6. The number of aromatic nitrogens is 1. The summed E-state index contributed by atoms with van der Waals surface area (Å²) in [6.07, 6.45) is -3.32. The van der Waals surface area contributed by atoms with Crippen LogP contribution in [0.2, 0.25) is 10.0 Å². The Hall–Kier alpha value is -2.51. The van der Waals surface area contributed by atoms with E-state index in [1.54, 1.807) is 6.07 Å². The second kappa shape index (κ2) is 7.01. The van der Waals surface area contributed by atoms with Gasteiger partial charge in [0.1, 0.15) is 6.26 Å². The van der Waals surface area contributed by atoms with Crippen molar-refractivity contribution in [1.82, 2.24) is 4.98 Å². The van der Waals surface area contributed by atoms with Crippen LogP contribution in [0.25, 0.3) is 11.5 Å². The van der Waals surface area contributed by atoms with Gasteiger partial charge in [0.2, 0.25) is 5.89 Å². The van der Waals surface area contributed by atoms with Crippen molar-refractivity contribution in [2.75, 3.05) is 5.32 Å². The molecule has 2 aromatic carbocycles. The van der Waals surface area contributed by atoms with Crippen molar-refractivity contribution < 1.29 is 22.4 Å². The molecule has 3 rings (SSSR count). The van der Waals surface area contributed by atoms with E-state index in [4.69, 9.17) is 27.6 Å². The van der Waals surface area contributed by atoms with E-state index < -0.39 is 17.6 Å². The van der Waals surface area contributed by atoms with Crippen LogP contribution in [0.4, 0.5) is 18.9 Å². The van der Waals surface area contributed by atoms with Gasteiger partial charge in [0.05, 0.1) is 15.6 Å². The number of benzene rings is 2. The van der Waals surface area contributed by atoms with E-state index in [0.717, 1.165) is 18.4 Å². The number of nitrogens with one attached hydrogen (secondary N) is 1. The van der Waals surface area contributed by atoms with E-state index in [1.807, 2.05) is 0 Å². The maximum atomic E-state index is 12.6. The van der Waals surface area contributed by atoms with Crippen LogP contribution in [0.15, 0.2) is 53.1 Å². The van der Waals surface area contributed by atoms with Crippen molar-refractivity contribution >= 4 is 34.8 Å². The Kier molecular flexibility index (Phi) is 4.93. The summed E-state index contributed by atoms with van der Waals surface area (Å²) in [5, 5.41) is 3.18. The van der Waals surface area contributed by atoms with E-state index in [-0.39, 0.29) is 16.6 Å². The molecule has 3 aromatic rings. The standard InChI is InChI=1S/C17H9Cl2F3N2O2/c18-12-6-5-11(7-13(12)19)23-15(25)14-8-26-16(24-14)9-1-3-10(4-2-9)17(20,21)22/h1-8H,(H,23,25). The number of hydrogen-bond donors (Lipinski definition) is 1. The third kappa shape index (κ3) is 4.00. The fraction of sp³-hybridized carbons (Fsp3) is 0.0588. The van der Waals surface area contributed by atoms with Gasteiger partial charge in [-0.15, -0.1) is 0 Å². The van der Waals surface area contributed by atoms with Crippen LogP contribution in [0.1, 0.15) is 16.1 Å². The highest BCUT2D eigenvalue weighted by Crippen LogP contribution is 2.31. The molecule has 1 amide bonds. The SMILES string of the molecule is O=C(Nc1ccc(Cl)c(Cl)c1)c1coc(-c2ccc(C(F)(F)F)cc2)n1. The molecule has 0 bridgehead atoms. The van der Waals surface area contributed by atoms with Crippen LogP contribution < -0.4 is 5.32 Å². The summed E-state index contributed by atoms with van der Waals surface area (Å²) in [7, 11) is 0. The molecule has 1 heterocycles. The minimum atomic E-state index is -4.43. The number of carbonyl (C=O) groups is 1. The summed E-state index contributed by atoms with van der Waals surface area (Å²) >= 11 is 11.7. The van der Waals surface area contributed by atoms with Gasteiger partial charge in [-0.1, -0.05) is 23.2 Å². The molecule has 0 spiro atoms. The first-order valence-corrected chi connectivity index (χ1v) is 7.89. The Labute approximate surface area is 155 Å². The quantitative estimate of drug-likeness (QED) is 0.593. The number of rotatable bonds is 3. The summed E-state index contributed by atoms with van der Waals surface area (Å²) in [5.41, 5.74) is -0.105. The van der Waals surface area contributed by atoms with E-state index in [2.05, 4.69) is 10.3 Å². The molecule has 0 aliphatic heterocycles. The van der Waals surface area contributed by atoms with E-state index >= 15 is 0 Å². The van der Waals surface area contributed by atoms with Gasteiger partial charge in [-0.3, -0.25) is 4.79 Å². The minimum Gasteiger partial charge on any atom is -0.444 e. The van der Waals surface area contributed by atoms with Crippen LogP contribution in [0.5, 0.6) is 0 Å². The first-order chi connectivity index (χ1) is 12.2. The highest BCUT2D eigenvalue weighted by molar-refractivity contribution is 6.42. The van der Waals surface area contributed by atoms with Gasteiger partial charge in [-0.25, -0.2) is 4.98 Å².